The number of rotatable bonds is 6. The first kappa shape index (κ1) is 31.0. The minimum Gasteiger partial charge on any atom is -0.444 e. The van der Waals surface area contributed by atoms with E-state index in [4.69, 9.17) is 9.72 Å². The fraction of sp³-hybridized carbons (Fsp3) is 0.324. The standard InChI is InChI=1S/C34H35N7O4S/c1-21-12-14-24(15-13-21)46(43,44)41-20-27(25-9-7-8-22(16-35)31(25)41)26-19-36-17-23-18-37-32(40-30(23)26)38-28-10-5-6-11-29(28)39-33(42)45-34(2,3)4/h7-9,12-15,17-20,28-29H,5-6,10-11H2,1-4H3,(H,39,42)(H,37,38,40). The third-order valence-electron chi connectivity index (χ3n) is 8.05. The van der Waals surface area contributed by atoms with Gasteiger partial charge in [-0.05, 0) is 58.7 Å². The Morgan fingerprint density at radius 3 is 2.48 bits per heavy atom. The van der Waals surface area contributed by atoms with Crippen molar-refractivity contribution in [2.24, 2.45) is 0 Å². The minimum atomic E-state index is -4.06. The number of carbonyl (C=O) groups is 1. The van der Waals surface area contributed by atoms with Gasteiger partial charge in [-0.1, -0.05) is 42.7 Å². The van der Waals surface area contributed by atoms with Gasteiger partial charge in [-0.15, -0.1) is 0 Å². The molecule has 0 aliphatic heterocycles. The molecule has 1 aliphatic carbocycles. The summed E-state index contributed by atoms with van der Waals surface area (Å²) in [6.45, 7) is 7.37. The lowest BCUT2D eigenvalue weighted by Crippen LogP contribution is -2.50. The lowest BCUT2D eigenvalue weighted by atomic mass is 9.90. The second-order valence-electron chi connectivity index (χ2n) is 12.6. The number of hydrogen-bond donors (Lipinski definition) is 2. The van der Waals surface area contributed by atoms with E-state index >= 15 is 0 Å². The van der Waals surface area contributed by atoms with Crippen molar-refractivity contribution in [3.63, 3.8) is 0 Å². The van der Waals surface area contributed by atoms with E-state index in [0.29, 0.717) is 33.4 Å². The molecule has 0 bridgehead atoms. The van der Waals surface area contributed by atoms with Gasteiger partial charge in [0.15, 0.2) is 0 Å². The maximum Gasteiger partial charge on any atom is 0.407 e. The number of nitriles is 1. The molecule has 2 aromatic carbocycles. The average molecular weight is 638 g/mol. The predicted molar refractivity (Wildman–Crippen MR) is 176 cm³/mol. The number of carbonyl (C=O) groups excluding carboxylic acids is 1. The molecular formula is C34H35N7O4S. The molecule has 1 aliphatic rings. The van der Waals surface area contributed by atoms with Crippen LogP contribution in [0.1, 0.15) is 57.6 Å². The van der Waals surface area contributed by atoms with E-state index in [9.17, 15) is 18.5 Å². The van der Waals surface area contributed by atoms with Crippen molar-refractivity contribution >= 4 is 43.9 Å². The third-order valence-corrected chi connectivity index (χ3v) is 9.73. The largest absolute Gasteiger partial charge is 0.444 e. The smallest absolute Gasteiger partial charge is 0.407 e. The number of hydrogen-bond acceptors (Lipinski definition) is 9. The molecule has 2 atom stereocenters. The van der Waals surface area contributed by atoms with Gasteiger partial charge in [-0.3, -0.25) is 4.98 Å². The summed E-state index contributed by atoms with van der Waals surface area (Å²) in [5.41, 5.74) is 2.55. The average Bonchev–Trinajstić information content (AvgIpc) is 3.42. The van der Waals surface area contributed by atoms with Gasteiger partial charge in [0.05, 0.1) is 27.5 Å². The summed E-state index contributed by atoms with van der Waals surface area (Å²) in [5.74, 6) is 0.372. The highest BCUT2D eigenvalue weighted by Gasteiger charge is 2.30. The van der Waals surface area contributed by atoms with Gasteiger partial charge in [0.2, 0.25) is 5.95 Å². The number of aryl methyl sites for hydroxylation is 1. The van der Waals surface area contributed by atoms with Crippen molar-refractivity contribution < 1.29 is 17.9 Å². The van der Waals surface area contributed by atoms with Crippen LogP contribution >= 0.6 is 0 Å². The molecule has 11 nitrogen and oxygen atoms in total. The number of para-hydroxylation sites is 1. The zero-order valence-electron chi connectivity index (χ0n) is 26.1. The summed E-state index contributed by atoms with van der Waals surface area (Å²) < 4.78 is 34.6. The summed E-state index contributed by atoms with van der Waals surface area (Å²) in [7, 11) is -4.06. The number of alkyl carbamates (subject to hydrolysis) is 1. The summed E-state index contributed by atoms with van der Waals surface area (Å²) in [6, 6.07) is 13.6. The van der Waals surface area contributed by atoms with Crippen molar-refractivity contribution in [1.29, 1.82) is 5.26 Å². The van der Waals surface area contributed by atoms with Gasteiger partial charge in [-0.25, -0.2) is 27.2 Å². The van der Waals surface area contributed by atoms with Crippen molar-refractivity contribution in [1.82, 2.24) is 24.2 Å². The molecule has 2 N–H and O–H groups in total. The Bertz CT molecular complexity index is 2090. The quantitative estimate of drug-likeness (QED) is 0.218. The molecule has 0 saturated heterocycles. The molecule has 2 unspecified atom stereocenters. The van der Waals surface area contributed by atoms with E-state index in [2.05, 4.69) is 26.7 Å². The van der Waals surface area contributed by atoms with Crippen LogP contribution in [0.4, 0.5) is 10.7 Å². The lowest BCUT2D eigenvalue weighted by Gasteiger charge is -2.33. The highest BCUT2D eigenvalue weighted by molar-refractivity contribution is 7.90. The fourth-order valence-corrected chi connectivity index (χ4v) is 7.28. The molecule has 1 amide bonds. The number of aromatic nitrogens is 4. The van der Waals surface area contributed by atoms with E-state index in [-0.39, 0.29) is 28.1 Å². The first-order valence-electron chi connectivity index (χ1n) is 15.2. The molecule has 3 aromatic heterocycles. The normalized spacial score (nSPS) is 17.0. The summed E-state index contributed by atoms with van der Waals surface area (Å²) in [6.07, 6.45) is 9.60. The Morgan fingerprint density at radius 1 is 1.02 bits per heavy atom. The van der Waals surface area contributed by atoms with E-state index in [1.165, 1.54) is 10.2 Å². The second kappa shape index (κ2) is 12.1. The molecule has 0 spiro atoms. The molecule has 6 rings (SSSR count). The predicted octanol–water partition coefficient (Wildman–Crippen LogP) is 6.31. The Kier molecular flexibility index (Phi) is 8.12. The van der Waals surface area contributed by atoms with Gasteiger partial charge in [0.1, 0.15) is 11.7 Å². The van der Waals surface area contributed by atoms with E-state index in [0.717, 1.165) is 31.2 Å². The number of ether oxygens (including phenoxy) is 1. The monoisotopic (exact) mass is 637 g/mol. The molecule has 1 fully saturated rings. The SMILES string of the molecule is Cc1ccc(S(=O)(=O)n2cc(-c3cncc4cnc(NC5CCCCC5NC(=O)OC(C)(C)C)nc34)c3cccc(C#N)c32)cc1. The maximum absolute atomic E-state index is 14.0. The Morgan fingerprint density at radius 2 is 1.76 bits per heavy atom. The van der Waals surface area contributed by atoms with E-state index < -0.39 is 21.7 Å². The zero-order chi connectivity index (χ0) is 32.6. The van der Waals surface area contributed by atoms with Crippen LogP contribution in [0.3, 0.4) is 0 Å². The van der Waals surface area contributed by atoms with Crippen LogP contribution in [0.5, 0.6) is 0 Å². The summed E-state index contributed by atoms with van der Waals surface area (Å²) in [5, 5.41) is 17.6. The van der Waals surface area contributed by atoms with Gasteiger partial charge >= 0.3 is 6.09 Å². The van der Waals surface area contributed by atoms with Crippen molar-refractivity contribution in [2.75, 3.05) is 5.32 Å². The molecule has 236 valence electrons. The van der Waals surface area contributed by atoms with Gasteiger partial charge in [0.25, 0.3) is 10.0 Å². The molecule has 12 heteroatoms. The Hall–Kier alpha value is -5.02. The van der Waals surface area contributed by atoms with Crippen LogP contribution in [-0.4, -0.2) is 51.1 Å². The van der Waals surface area contributed by atoms with Gasteiger partial charge < -0.3 is 15.4 Å². The topological polar surface area (TPSA) is 152 Å². The second-order valence-corrected chi connectivity index (χ2v) is 14.4. The van der Waals surface area contributed by atoms with Crippen LogP contribution in [0, 0.1) is 18.3 Å². The van der Waals surface area contributed by atoms with Crippen molar-refractivity contribution in [3.8, 4) is 17.2 Å². The third kappa shape index (κ3) is 6.10. The molecule has 3 heterocycles. The number of amides is 1. The Balaban J connectivity index is 1.42. The molecular weight excluding hydrogens is 602 g/mol. The fourth-order valence-electron chi connectivity index (χ4n) is 5.89. The van der Waals surface area contributed by atoms with Gasteiger partial charge in [-0.2, -0.15) is 5.26 Å². The molecule has 1 saturated carbocycles. The number of anilines is 1. The number of nitrogens with one attached hydrogen (secondary N) is 2. The zero-order valence-corrected chi connectivity index (χ0v) is 26.9. The Labute approximate surface area is 267 Å². The van der Waals surface area contributed by atoms with E-state index in [1.54, 1.807) is 61.1 Å². The van der Waals surface area contributed by atoms with Gasteiger partial charge in [0, 0.05) is 52.7 Å². The summed E-state index contributed by atoms with van der Waals surface area (Å²) in [4.78, 5) is 26.5. The van der Waals surface area contributed by atoms with Crippen LogP contribution in [-0.2, 0) is 14.8 Å². The van der Waals surface area contributed by atoms with Crippen LogP contribution in [0.25, 0.3) is 32.9 Å². The number of benzene rings is 2. The van der Waals surface area contributed by atoms with Crippen LogP contribution < -0.4 is 10.6 Å². The highest BCUT2D eigenvalue weighted by Crippen LogP contribution is 2.37. The first-order chi connectivity index (χ1) is 21.9. The first-order valence-corrected chi connectivity index (χ1v) is 16.6. The lowest BCUT2D eigenvalue weighted by molar-refractivity contribution is 0.0488. The number of fused-ring (bicyclic) bond motifs is 2. The van der Waals surface area contributed by atoms with Crippen molar-refractivity contribution in [2.45, 2.75) is 76.0 Å². The summed E-state index contributed by atoms with van der Waals surface area (Å²) >= 11 is 0. The molecule has 46 heavy (non-hydrogen) atoms. The van der Waals surface area contributed by atoms with E-state index in [1.807, 2.05) is 27.7 Å². The number of nitrogens with zero attached hydrogens (tertiary/aromatic N) is 5. The molecule has 5 aromatic rings. The van der Waals surface area contributed by atoms with Crippen LogP contribution in [0.15, 0.2) is 72.1 Å². The van der Waals surface area contributed by atoms with Crippen molar-refractivity contribution in [3.05, 3.63) is 78.4 Å². The highest BCUT2D eigenvalue weighted by atomic mass is 32.2. The molecule has 0 radical (unpaired) electrons. The van der Waals surface area contributed by atoms with Crippen LogP contribution in [0.2, 0.25) is 0 Å². The minimum absolute atomic E-state index is 0.112. The number of pyridine rings is 1. The maximum atomic E-state index is 14.0.